The van der Waals surface area contributed by atoms with Gasteiger partial charge in [-0.1, -0.05) is 151 Å². The van der Waals surface area contributed by atoms with Gasteiger partial charge in [0.15, 0.2) is 0 Å². The molecule has 6 heteroatoms. The number of rotatable bonds is 10. The van der Waals surface area contributed by atoms with Crippen molar-refractivity contribution in [2.75, 3.05) is 9.80 Å². The molecule has 0 radical (unpaired) electrons. The number of nitrogens with zero attached hydrogens (tertiary/aromatic N) is 3. The quantitative estimate of drug-likeness (QED) is 0.103. The minimum atomic E-state index is -0.307. The molecule has 0 N–H and O–H groups in total. The van der Waals surface area contributed by atoms with Crippen molar-refractivity contribution in [2.45, 2.75) is 9.79 Å². The molecule has 0 saturated carbocycles. The summed E-state index contributed by atoms with van der Waals surface area (Å²) in [5.41, 5.74) is 8.23. The normalized spacial score (nSPS) is 11.1. The van der Waals surface area contributed by atoms with Crippen LogP contribution in [0.1, 0.15) is 0 Å². The standard InChI is InChI=1S/C50H35N3O2S/c54-53(55)48-25-11-12-28-49(48)56-50-35-42(52(40-21-5-2-6-22-40)47-27-14-18-37-16-8-10-24-44(37)47)33-34-45(50)38-29-31-41(32-30-38)51(39-19-3-1-4-20-39)46-26-13-17-36-15-7-9-23-43(36)46/h1-35H. The van der Waals surface area contributed by atoms with Crippen molar-refractivity contribution >= 4 is 73.1 Å². The summed E-state index contributed by atoms with van der Waals surface area (Å²) in [4.78, 5) is 18.0. The van der Waals surface area contributed by atoms with E-state index in [0.29, 0.717) is 4.90 Å². The Labute approximate surface area is 329 Å². The average Bonchev–Trinajstić information content (AvgIpc) is 3.25. The van der Waals surface area contributed by atoms with Crippen molar-refractivity contribution in [1.29, 1.82) is 0 Å². The monoisotopic (exact) mass is 741 g/mol. The molecule has 0 atom stereocenters. The second kappa shape index (κ2) is 15.3. The number of benzene rings is 9. The number of para-hydroxylation sites is 3. The Morgan fingerprint density at radius 1 is 0.411 bits per heavy atom. The highest BCUT2D eigenvalue weighted by Crippen LogP contribution is 2.46. The summed E-state index contributed by atoms with van der Waals surface area (Å²) < 4.78 is 0. The van der Waals surface area contributed by atoms with E-state index in [4.69, 9.17) is 0 Å². The summed E-state index contributed by atoms with van der Waals surface area (Å²) in [5.74, 6) is 0. The first kappa shape index (κ1) is 34.6. The molecular weight excluding hydrogens is 707 g/mol. The van der Waals surface area contributed by atoms with E-state index in [0.717, 1.165) is 66.3 Å². The molecule has 0 spiro atoms. The Morgan fingerprint density at radius 2 is 0.875 bits per heavy atom. The first-order valence-electron chi connectivity index (χ1n) is 18.4. The van der Waals surface area contributed by atoms with Gasteiger partial charge < -0.3 is 9.80 Å². The Bertz CT molecular complexity index is 2820. The van der Waals surface area contributed by atoms with E-state index in [1.165, 1.54) is 17.1 Å². The average molecular weight is 742 g/mol. The van der Waals surface area contributed by atoms with Crippen molar-refractivity contribution in [3.05, 3.63) is 222 Å². The lowest BCUT2D eigenvalue weighted by molar-refractivity contribution is -0.387. The number of anilines is 6. The van der Waals surface area contributed by atoms with Gasteiger partial charge in [0.25, 0.3) is 5.69 Å². The van der Waals surface area contributed by atoms with Crippen LogP contribution in [0.5, 0.6) is 0 Å². The van der Waals surface area contributed by atoms with Crippen LogP contribution < -0.4 is 9.80 Å². The van der Waals surface area contributed by atoms with Crippen LogP contribution in [-0.2, 0) is 0 Å². The molecule has 268 valence electrons. The van der Waals surface area contributed by atoms with Gasteiger partial charge >= 0.3 is 0 Å². The number of fused-ring (bicyclic) bond motifs is 2. The summed E-state index contributed by atoms with van der Waals surface area (Å²) in [6.45, 7) is 0. The van der Waals surface area contributed by atoms with Crippen LogP contribution in [0.15, 0.2) is 222 Å². The number of nitro benzene ring substituents is 1. The van der Waals surface area contributed by atoms with Gasteiger partial charge in [-0.25, -0.2) is 0 Å². The Balaban J connectivity index is 1.19. The van der Waals surface area contributed by atoms with Crippen molar-refractivity contribution < 1.29 is 4.92 Å². The van der Waals surface area contributed by atoms with Gasteiger partial charge in [0, 0.05) is 44.5 Å². The first-order chi connectivity index (χ1) is 27.6. The van der Waals surface area contributed by atoms with Gasteiger partial charge in [0.1, 0.15) is 0 Å². The molecule has 0 heterocycles. The zero-order valence-corrected chi connectivity index (χ0v) is 31.1. The smallest absolute Gasteiger partial charge is 0.283 e. The third-order valence-corrected chi connectivity index (χ3v) is 11.1. The van der Waals surface area contributed by atoms with E-state index >= 15 is 0 Å². The van der Waals surface area contributed by atoms with Crippen molar-refractivity contribution in [1.82, 2.24) is 0 Å². The summed E-state index contributed by atoms with van der Waals surface area (Å²) >= 11 is 1.42. The topological polar surface area (TPSA) is 49.6 Å². The van der Waals surface area contributed by atoms with Crippen LogP contribution in [0.3, 0.4) is 0 Å². The molecule has 0 aliphatic carbocycles. The van der Waals surface area contributed by atoms with E-state index in [1.54, 1.807) is 12.1 Å². The summed E-state index contributed by atoms with van der Waals surface area (Å²) in [6.07, 6.45) is 0. The highest BCUT2D eigenvalue weighted by Gasteiger charge is 2.21. The van der Waals surface area contributed by atoms with Gasteiger partial charge in [-0.15, -0.1) is 0 Å². The van der Waals surface area contributed by atoms with E-state index in [2.05, 4.69) is 174 Å². The number of hydrogen-bond donors (Lipinski definition) is 0. The zero-order chi connectivity index (χ0) is 37.8. The van der Waals surface area contributed by atoms with E-state index < -0.39 is 0 Å². The molecule has 9 aromatic rings. The van der Waals surface area contributed by atoms with Gasteiger partial charge in [-0.2, -0.15) is 0 Å². The molecule has 0 saturated heterocycles. The molecule has 0 aliphatic rings. The lowest BCUT2D eigenvalue weighted by Gasteiger charge is -2.28. The highest BCUT2D eigenvalue weighted by molar-refractivity contribution is 7.99. The van der Waals surface area contributed by atoms with Crippen LogP contribution in [0.25, 0.3) is 32.7 Å². The third-order valence-electron chi connectivity index (χ3n) is 9.99. The van der Waals surface area contributed by atoms with Crippen molar-refractivity contribution in [3.8, 4) is 11.1 Å². The molecule has 9 aromatic carbocycles. The molecule has 0 unspecified atom stereocenters. The maximum atomic E-state index is 12.2. The molecule has 0 amide bonds. The Hall–Kier alpha value is -7.15. The largest absolute Gasteiger partial charge is 0.310 e. The number of hydrogen-bond acceptors (Lipinski definition) is 5. The first-order valence-corrected chi connectivity index (χ1v) is 19.3. The molecule has 0 aliphatic heterocycles. The highest BCUT2D eigenvalue weighted by atomic mass is 32.2. The summed E-state index contributed by atoms with van der Waals surface area (Å²) in [7, 11) is 0. The lowest BCUT2D eigenvalue weighted by Crippen LogP contribution is -2.11. The Kier molecular flexibility index (Phi) is 9.46. The van der Waals surface area contributed by atoms with Crippen LogP contribution in [0.4, 0.5) is 39.8 Å². The van der Waals surface area contributed by atoms with E-state index in [1.807, 2.05) is 36.4 Å². The maximum Gasteiger partial charge on any atom is 0.283 e. The summed E-state index contributed by atoms with van der Waals surface area (Å²) in [6, 6.07) is 72.4. The zero-order valence-electron chi connectivity index (χ0n) is 30.3. The summed E-state index contributed by atoms with van der Waals surface area (Å²) in [5, 5.41) is 16.8. The molecule has 0 fully saturated rings. The van der Waals surface area contributed by atoms with Gasteiger partial charge in [-0.3, -0.25) is 10.1 Å². The third kappa shape index (κ3) is 6.74. The fourth-order valence-electron chi connectivity index (χ4n) is 7.39. The Morgan fingerprint density at radius 3 is 1.46 bits per heavy atom. The molecule has 9 rings (SSSR count). The minimum Gasteiger partial charge on any atom is -0.310 e. The van der Waals surface area contributed by atoms with E-state index in [-0.39, 0.29) is 10.6 Å². The molecule has 5 nitrogen and oxygen atoms in total. The molecular formula is C50H35N3O2S. The van der Waals surface area contributed by atoms with Gasteiger partial charge in [0.05, 0.1) is 21.2 Å². The van der Waals surface area contributed by atoms with Crippen LogP contribution in [0, 0.1) is 10.1 Å². The molecule has 0 aromatic heterocycles. The second-order valence-electron chi connectivity index (χ2n) is 13.4. The predicted octanol–water partition coefficient (Wildman–Crippen LogP) is 14.7. The second-order valence-corrected chi connectivity index (χ2v) is 14.5. The number of nitro groups is 1. The van der Waals surface area contributed by atoms with Crippen molar-refractivity contribution in [3.63, 3.8) is 0 Å². The van der Waals surface area contributed by atoms with Crippen LogP contribution in [-0.4, -0.2) is 4.92 Å². The van der Waals surface area contributed by atoms with E-state index in [9.17, 15) is 10.1 Å². The van der Waals surface area contributed by atoms with Crippen molar-refractivity contribution in [2.24, 2.45) is 0 Å². The lowest BCUT2D eigenvalue weighted by atomic mass is 10.0. The van der Waals surface area contributed by atoms with Crippen LogP contribution in [0.2, 0.25) is 0 Å². The fraction of sp³-hybridized carbons (Fsp3) is 0. The van der Waals surface area contributed by atoms with Gasteiger partial charge in [0.2, 0.25) is 0 Å². The maximum absolute atomic E-state index is 12.2. The fourth-order valence-corrected chi connectivity index (χ4v) is 8.50. The van der Waals surface area contributed by atoms with Crippen LogP contribution >= 0.6 is 11.8 Å². The predicted molar refractivity (Wildman–Crippen MR) is 233 cm³/mol. The molecule has 0 bridgehead atoms. The SMILES string of the molecule is O=[N+]([O-])c1ccccc1Sc1cc(N(c2ccccc2)c2cccc3ccccc23)ccc1-c1ccc(N(c2ccccc2)c2cccc3ccccc23)cc1. The molecule has 56 heavy (non-hydrogen) atoms. The minimum absolute atomic E-state index is 0.0757. The van der Waals surface area contributed by atoms with Gasteiger partial charge in [-0.05, 0) is 88.6 Å².